The molecule has 0 aliphatic heterocycles. The fourth-order valence-electron chi connectivity index (χ4n) is 3.04. The Kier molecular flexibility index (Phi) is 9.24. The van der Waals surface area contributed by atoms with Crippen LogP contribution in [0.5, 0.6) is 0 Å². The van der Waals surface area contributed by atoms with E-state index >= 15 is 0 Å². The summed E-state index contributed by atoms with van der Waals surface area (Å²) in [4.78, 5) is 28.4. The van der Waals surface area contributed by atoms with Gasteiger partial charge in [-0.25, -0.2) is 0 Å². The van der Waals surface area contributed by atoms with Crippen molar-refractivity contribution in [3.63, 3.8) is 0 Å². The minimum atomic E-state index is -0.00416. The van der Waals surface area contributed by atoms with Crippen LogP contribution >= 0.6 is 35.3 Å². The number of carbonyl (C=O) groups is 2. The smallest absolute Gasteiger partial charge is 0.216 e. The van der Waals surface area contributed by atoms with Crippen molar-refractivity contribution < 1.29 is 9.59 Å². The first-order valence-corrected chi connectivity index (χ1v) is 13.4. The normalized spacial score (nSPS) is 11.2. The molecule has 2 nitrogen and oxygen atoms in total. The van der Waals surface area contributed by atoms with E-state index in [0.29, 0.717) is 0 Å². The van der Waals surface area contributed by atoms with Crippen LogP contribution in [0.1, 0.15) is 11.1 Å². The monoisotopic (exact) mass is 510 g/mol. The second-order valence-corrected chi connectivity index (χ2v) is 10.7. The third-order valence-electron chi connectivity index (χ3n) is 4.74. The van der Waals surface area contributed by atoms with E-state index in [1.165, 1.54) is 23.5 Å². The maximum Gasteiger partial charge on any atom is 0.216 e. The standard InChI is InChI=1S/C30H22O2S3/c31-29(21-11-23-7-3-1-4-8-23)34-27-17-13-25(14-18-27)33-26-15-19-28(20-16-26)35-30(32)22-12-24-9-5-2-6-10-24/h1-22H/b21-11-,22-12-. The molecule has 0 aliphatic carbocycles. The minimum absolute atomic E-state index is 0.00416. The molecule has 172 valence electrons. The van der Waals surface area contributed by atoms with Crippen LogP contribution in [-0.4, -0.2) is 10.2 Å². The van der Waals surface area contributed by atoms with Crippen molar-refractivity contribution in [3.05, 3.63) is 132 Å². The fraction of sp³-hybridized carbons (Fsp3) is 0. The maximum atomic E-state index is 12.2. The molecule has 0 saturated carbocycles. The predicted octanol–water partition coefficient (Wildman–Crippen LogP) is 8.50. The zero-order chi connectivity index (χ0) is 24.3. The summed E-state index contributed by atoms with van der Waals surface area (Å²) in [5.41, 5.74) is 2.01. The molecule has 4 aromatic carbocycles. The highest BCUT2D eigenvalue weighted by Gasteiger charge is 2.05. The van der Waals surface area contributed by atoms with Gasteiger partial charge in [-0.3, -0.25) is 9.59 Å². The number of benzene rings is 4. The Morgan fingerprint density at radius 2 is 0.800 bits per heavy atom. The van der Waals surface area contributed by atoms with Gasteiger partial charge >= 0.3 is 0 Å². The molecule has 0 heterocycles. The van der Waals surface area contributed by atoms with E-state index in [1.807, 2.05) is 121 Å². The summed E-state index contributed by atoms with van der Waals surface area (Å²) in [6, 6.07) is 35.5. The van der Waals surface area contributed by atoms with E-state index in [-0.39, 0.29) is 10.2 Å². The second-order valence-electron chi connectivity index (χ2n) is 7.38. The molecule has 0 unspecified atom stereocenters. The molecule has 4 rings (SSSR count). The largest absolute Gasteiger partial charge is 0.282 e. The van der Waals surface area contributed by atoms with E-state index in [9.17, 15) is 9.59 Å². The van der Waals surface area contributed by atoms with Crippen molar-refractivity contribution in [2.24, 2.45) is 0 Å². The molecular weight excluding hydrogens is 489 g/mol. The molecule has 0 radical (unpaired) electrons. The summed E-state index contributed by atoms with van der Waals surface area (Å²) < 4.78 is 0. The van der Waals surface area contributed by atoms with Crippen molar-refractivity contribution in [3.8, 4) is 0 Å². The van der Waals surface area contributed by atoms with Gasteiger partial charge in [0.1, 0.15) is 0 Å². The Balaban J connectivity index is 1.27. The Bertz CT molecular complexity index is 1210. The molecule has 0 aromatic heterocycles. The molecule has 0 N–H and O–H groups in total. The van der Waals surface area contributed by atoms with E-state index in [0.717, 1.165) is 30.7 Å². The number of thioether (sulfide) groups is 2. The SMILES string of the molecule is O=C(/C=C\c1ccccc1)Sc1ccc(Sc2ccc(SC(=O)/C=C\c3ccccc3)cc2)cc1. The average Bonchev–Trinajstić information content (AvgIpc) is 2.90. The molecule has 0 saturated heterocycles. The van der Waals surface area contributed by atoms with Gasteiger partial charge in [0.25, 0.3) is 0 Å². The van der Waals surface area contributed by atoms with Gasteiger partial charge < -0.3 is 0 Å². The van der Waals surface area contributed by atoms with Crippen LogP contribution in [0.2, 0.25) is 0 Å². The van der Waals surface area contributed by atoms with Crippen LogP contribution in [-0.2, 0) is 9.59 Å². The fourth-order valence-corrected chi connectivity index (χ4v) is 5.14. The number of rotatable bonds is 8. The number of hydrogen-bond donors (Lipinski definition) is 0. The van der Waals surface area contributed by atoms with E-state index < -0.39 is 0 Å². The highest BCUT2D eigenvalue weighted by Crippen LogP contribution is 2.31. The van der Waals surface area contributed by atoms with Gasteiger partial charge in [-0.2, -0.15) is 0 Å². The van der Waals surface area contributed by atoms with E-state index in [4.69, 9.17) is 0 Å². The summed E-state index contributed by atoms with van der Waals surface area (Å²) >= 11 is 4.07. The van der Waals surface area contributed by atoms with E-state index in [1.54, 1.807) is 23.9 Å². The molecule has 0 fully saturated rings. The zero-order valence-electron chi connectivity index (χ0n) is 18.7. The highest BCUT2D eigenvalue weighted by atomic mass is 32.2. The third kappa shape index (κ3) is 8.48. The number of hydrogen-bond acceptors (Lipinski definition) is 5. The Morgan fingerprint density at radius 1 is 0.457 bits per heavy atom. The summed E-state index contributed by atoms with van der Waals surface area (Å²) in [6.07, 6.45) is 6.86. The molecule has 0 bridgehead atoms. The quantitative estimate of drug-likeness (QED) is 0.175. The molecular formula is C30H22O2S3. The lowest BCUT2D eigenvalue weighted by atomic mass is 10.2. The van der Waals surface area contributed by atoms with Crippen molar-refractivity contribution in [1.29, 1.82) is 0 Å². The molecule has 5 heteroatoms. The second kappa shape index (κ2) is 13.0. The topological polar surface area (TPSA) is 34.1 Å². The lowest BCUT2D eigenvalue weighted by molar-refractivity contribution is -0.107. The van der Waals surface area contributed by atoms with Gasteiger partial charge in [-0.15, -0.1) is 0 Å². The average molecular weight is 511 g/mol. The first-order chi connectivity index (χ1) is 17.1. The number of carbonyl (C=O) groups excluding carboxylic acids is 2. The van der Waals surface area contributed by atoms with Crippen LogP contribution < -0.4 is 0 Å². The molecule has 0 spiro atoms. The molecule has 0 atom stereocenters. The van der Waals surface area contributed by atoms with Crippen LogP contribution in [0.4, 0.5) is 0 Å². The first-order valence-electron chi connectivity index (χ1n) is 10.9. The van der Waals surface area contributed by atoms with Crippen LogP contribution in [0, 0.1) is 0 Å². The summed E-state index contributed by atoms with van der Waals surface area (Å²) in [7, 11) is 0. The van der Waals surface area contributed by atoms with Crippen molar-refractivity contribution in [2.45, 2.75) is 19.6 Å². The Labute approximate surface area is 218 Å². The Hall–Kier alpha value is -3.25. The highest BCUT2D eigenvalue weighted by molar-refractivity contribution is 8.14. The van der Waals surface area contributed by atoms with Crippen molar-refractivity contribution >= 4 is 57.7 Å². The van der Waals surface area contributed by atoms with Gasteiger partial charge in [0.05, 0.1) is 0 Å². The van der Waals surface area contributed by atoms with Crippen LogP contribution in [0.15, 0.2) is 141 Å². The summed E-state index contributed by atoms with van der Waals surface area (Å²) in [5.74, 6) is 0. The Morgan fingerprint density at radius 3 is 1.17 bits per heavy atom. The van der Waals surface area contributed by atoms with Gasteiger partial charge in [0.2, 0.25) is 10.2 Å². The molecule has 0 aliphatic rings. The van der Waals surface area contributed by atoms with Gasteiger partial charge in [0.15, 0.2) is 0 Å². The molecule has 35 heavy (non-hydrogen) atoms. The van der Waals surface area contributed by atoms with Crippen LogP contribution in [0.25, 0.3) is 12.2 Å². The molecule has 4 aromatic rings. The van der Waals surface area contributed by atoms with Gasteiger partial charge in [0, 0.05) is 19.6 Å². The summed E-state index contributed by atoms with van der Waals surface area (Å²) in [5, 5.41) is -0.00832. The van der Waals surface area contributed by atoms with Crippen LogP contribution in [0.3, 0.4) is 0 Å². The maximum absolute atomic E-state index is 12.2. The zero-order valence-corrected chi connectivity index (χ0v) is 21.2. The predicted molar refractivity (Wildman–Crippen MR) is 150 cm³/mol. The first kappa shape index (κ1) is 24.9. The van der Waals surface area contributed by atoms with Gasteiger partial charge in [-0.05, 0) is 95.3 Å². The van der Waals surface area contributed by atoms with Crippen molar-refractivity contribution in [2.75, 3.05) is 0 Å². The third-order valence-corrected chi connectivity index (χ3v) is 7.45. The minimum Gasteiger partial charge on any atom is -0.282 e. The summed E-state index contributed by atoms with van der Waals surface area (Å²) in [6.45, 7) is 0. The lowest BCUT2D eigenvalue weighted by Gasteiger charge is -2.04. The molecule has 0 amide bonds. The lowest BCUT2D eigenvalue weighted by Crippen LogP contribution is -1.85. The van der Waals surface area contributed by atoms with Gasteiger partial charge in [-0.1, -0.05) is 84.6 Å². The van der Waals surface area contributed by atoms with E-state index in [2.05, 4.69) is 0 Å². The van der Waals surface area contributed by atoms with Crippen molar-refractivity contribution in [1.82, 2.24) is 0 Å².